The van der Waals surface area contributed by atoms with E-state index in [0.29, 0.717) is 10.8 Å². The summed E-state index contributed by atoms with van der Waals surface area (Å²) in [5.41, 5.74) is 7.03. The number of thioether (sulfide) groups is 1. The lowest BCUT2D eigenvalue weighted by Crippen LogP contribution is -2.20. The first-order valence-electron chi connectivity index (χ1n) is 6.36. The third-order valence-corrected chi connectivity index (χ3v) is 4.26. The SMILES string of the molecule is CC(C)n1ncc(Cl)c1C(N)CSc1cccc(F)c1. The van der Waals surface area contributed by atoms with Gasteiger partial charge in [-0.05, 0) is 32.0 Å². The number of nitrogens with two attached hydrogens (primary N) is 1. The highest BCUT2D eigenvalue weighted by Crippen LogP contribution is 2.29. The Morgan fingerprint density at radius 3 is 2.85 bits per heavy atom. The van der Waals surface area contributed by atoms with E-state index in [1.807, 2.05) is 24.6 Å². The first-order valence-corrected chi connectivity index (χ1v) is 7.72. The molecule has 108 valence electrons. The molecule has 6 heteroatoms. The molecule has 0 aliphatic carbocycles. The maximum absolute atomic E-state index is 13.1. The summed E-state index contributed by atoms with van der Waals surface area (Å²) < 4.78 is 15.0. The number of aromatic nitrogens is 2. The summed E-state index contributed by atoms with van der Waals surface area (Å²) in [5, 5.41) is 4.82. The Bertz CT molecular complexity index is 586. The molecular formula is C14H17ClFN3S. The second kappa shape index (κ2) is 6.61. The van der Waals surface area contributed by atoms with Crippen LogP contribution in [0.4, 0.5) is 4.39 Å². The first kappa shape index (κ1) is 15.4. The lowest BCUT2D eigenvalue weighted by atomic mass is 10.2. The van der Waals surface area contributed by atoms with E-state index < -0.39 is 0 Å². The van der Waals surface area contributed by atoms with Gasteiger partial charge in [-0.3, -0.25) is 4.68 Å². The van der Waals surface area contributed by atoms with E-state index in [1.165, 1.54) is 23.9 Å². The molecule has 2 N–H and O–H groups in total. The van der Waals surface area contributed by atoms with Gasteiger partial charge >= 0.3 is 0 Å². The van der Waals surface area contributed by atoms with Gasteiger partial charge in [0.2, 0.25) is 0 Å². The Hall–Kier alpha value is -1.04. The van der Waals surface area contributed by atoms with Crippen LogP contribution >= 0.6 is 23.4 Å². The number of rotatable bonds is 5. The number of hydrogen-bond donors (Lipinski definition) is 1. The Kier molecular flexibility index (Phi) is 5.07. The number of nitrogens with zero attached hydrogens (tertiary/aromatic N) is 2. The maximum atomic E-state index is 13.1. The van der Waals surface area contributed by atoms with Crippen LogP contribution in [0.2, 0.25) is 5.02 Å². The predicted octanol–water partition coefficient (Wildman–Crippen LogP) is 4.05. The average Bonchev–Trinajstić information content (AvgIpc) is 2.78. The first-order chi connectivity index (χ1) is 9.49. The molecule has 0 aliphatic rings. The molecule has 1 unspecified atom stereocenters. The van der Waals surface area contributed by atoms with Crippen LogP contribution in [0.1, 0.15) is 31.6 Å². The van der Waals surface area contributed by atoms with Gasteiger partial charge in [0.1, 0.15) is 5.82 Å². The van der Waals surface area contributed by atoms with E-state index in [0.717, 1.165) is 10.6 Å². The number of benzene rings is 1. The van der Waals surface area contributed by atoms with E-state index in [2.05, 4.69) is 5.10 Å². The zero-order valence-electron chi connectivity index (χ0n) is 11.4. The number of halogens is 2. The fourth-order valence-corrected chi connectivity index (χ4v) is 3.10. The lowest BCUT2D eigenvalue weighted by molar-refractivity contribution is 0.495. The largest absolute Gasteiger partial charge is 0.322 e. The van der Waals surface area contributed by atoms with Crippen LogP contribution in [0.5, 0.6) is 0 Å². The van der Waals surface area contributed by atoms with Gasteiger partial charge in [-0.1, -0.05) is 17.7 Å². The van der Waals surface area contributed by atoms with Crippen molar-refractivity contribution in [2.45, 2.75) is 30.8 Å². The van der Waals surface area contributed by atoms with Gasteiger partial charge in [-0.2, -0.15) is 5.10 Å². The second-order valence-corrected chi connectivity index (χ2v) is 6.29. The Morgan fingerprint density at radius 2 is 2.20 bits per heavy atom. The molecule has 20 heavy (non-hydrogen) atoms. The quantitative estimate of drug-likeness (QED) is 0.847. The van der Waals surface area contributed by atoms with E-state index >= 15 is 0 Å². The van der Waals surface area contributed by atoms with E-state index in [1.54, 1.807) is 12.3 Å². The molecule has 0 fully saturated rings. The normalized spacial score (nSPS) is 12.9. The van der Waals surface area contributed by atoms with Gasteiger partial charge in [-0.25, -0.2) is 4.39 Å². The third kappa shape index (κ3) is 3.53. The fraction of sp³-hybridized carbons (Fsp3) is 0.357. The summed E-state index contributed by atoms with van der Waals surface area (Å²) in [6, 6.07) is 6.42. The minimum absolute atomic E-state index is 0.197. The second-order valence-electron chi connectivity index (χ2n) is 4.79. The van der Waals surface area contributed by atoms with E-state index in [9.17, 15) is 4.39 Å². The molecule has 2 rings (SSSR count). The minimum Gasteiger partial charge on any atom is -0.322 e. The van der Waals surface area contributed by atoms with Crippen molar-refractivity contribution in [1.29, 1.82) is 0 Å². The van der Waals surface area contributed by atoms with Crippen molar-refractivity contribution in [3.8, 4) is 0 Å². The molecule has 3 nitrogen and oxygen atoms in total. The van der Waals surface area contributed by atoms with Crippen molar-refractivity contribution < 1.29 is 4.39 Å². The molecular weight excluding hydrogens is 297 g/mol. The highest BCUT2D eigenvalue weighted by Gasteiger charge is 2.18. The third-order valence-electron chi connectivity index (χ3n) is 2.85. The molecule has 2 aromatic rings. The van der Waals surface area contributed by atoms with Crippen molar-refractivity contribution in [2.75, 3.05) is 5.75 Å². The molecule has 0 amide bonds. The monoisotopic (exact) mass is 313 g/mol. The lowest BCUT2D eigenvalue weighted by Gasteiger charge is -2.17. The molecule has 1 aromatic heterocycles. The highest BCUT2D eigenvalue weighted by atomic mass is 35.5. The number of hydrogen-bond acceptors (Lipinski definition) is 3. The van der Waals surface area contributed by atoms with Crippen LogP contribution in [0.3, 0.4) is 0 Å². The van der Waals surface area contributed by atoms with Gasteiger partial charge in [-0.15, -0.1) is 11.8 Å². The molecule has 0 radical (unpaired) electrons. The highest BCUT2D eigenvalue weighted by molar-refractivity contribution is 7.99. The van der Waals surface area contributed by atoms with Gasteiger partial charge in [0.25, 0.3) is 0 Å². The summed E-state index contributed by atoms with van der Waals surface area (Å²) in [5.74, 6) is 0.371. The van der Waals surface area contributed by atoms with Crippen molar-refractivity contribution in [1.82, 2.24) is 9.78 Å². The van der Waals surface area contributed by atoms with Crippen LogP contribution in [0.15, 0.2) is 35.4 Å². The Labute approximate surface area is 127 Å². The topological polar surface area (TPSA) is 43.8 Å². The molecule has 0 spiro atoms. The van der Waals surface area contributed by atoms with Gasteiger partial charge in [0.05, 0.1) is 23.0 Å². The summed E-state index contributed by atoms with van der Waals surface area (Å²) in [6.45, 7) is 4.05. The van der Waals surface area contributed by atoms with Crippen molar-refractivity contribution in [3.05, 3.63) is 47.0 Å². The van der Waals surface area contributed by atoms with Crippen LogP contribution in [0.25, 0.3) is 0 Å². The van der Waals surface area contributed by atoms with Crippen molar-refractivity contribution in [2.24, 2.45) is 5.73 Å². The van der Waals surface area contributed by atoms with Crippen LogP contribution in [-0.2, 0) is 0 Å². The molecule has 1 atom stereocenters. The van der Waals surface area contributed by atoms with Crippen LogP contribution in [0, 0.1) is 5.82 Å². The molecule has 1 heterocycles. The summed E-state index contributed by atoms with van der Waals surface area (Å²) in [4.78, 5) is 0.854. The average molecular weight is 314 g/mol. The maximum Gasteiger partial charge on any atom is 0.124 e. The standard InChI is InChI=1S/C14H17ClFN3S/c1-9(2)19-14(12(15)7-18-19)13(17)8-20-11-5-3-4-10(16)6-11/h3-7,9,13H,8,17H2,1-2H3. The summed E-state index contributed by atoms with van der Waals surface area (Å²) in [7, 11) is 0. The van der Waals surface area contributed by atoms with E-state index in [4.69, 9.17) is 17.3 Å². The molecule has 0 saturated carbocycles. The zero-order chi connectivity index (χ0) is 14.7. The molecule has 0 bridgehead atoms. The molecule has 0 saturated heterocycles. The predicted molar refractivity (Wildman–Crippen MR) is 81.7 cm³/mol. The van der Waals surface area contributed by atoms with Crippen molar-refractivity contribution in [3.63, 3.8) is 0 Å². The molecule has 1 aromatic carbocycles. The Morgan fingerprint density at radius 1 is 1.45 bits per heavy atom. The molecule has 0 aliphatic heterocycles. The zero-order valence-corrected chi connectivity index (χ0v) is 13.0. The van der Waals surface area contributed by atoms with Crippen LogP contribution < -0.4 is 5.73 Å². The smallest absolute Gasteiger partial charge is 0.124 e. The summed E-state index contributed by atoms with van der Waals surface area (Å²) in [6.07, 6.45) is 1.61. The van der Waals surface area contributed by atoms with Crippen LogP contribution in [-0.4, -0.2) is 15.5 Å². The van der Waals surface area contributed by atoms with Gasteiger partial charge < -0.3 is 5.73 Å². The Balaban J connectivity index is 2.09. The summed E-state index contributed by atoms with van der Waals surface area (Å²) >= 11 is 7.66. The van der Waals surface area contributed by atoms with Gasteiger partial charge in [0, 0.05) is 16.7 Å². The fourth-order valence-electron chi connectivity index (χ4n) is 1.93. The minimum atomic E-state index is -0.249. The van der Waals surface area contributed by atoms with Crippen molar-refractivity contribution >= 4 is 23.4 Å². The van der Waals surface area contributed by atoms with E-state index in [-0.39, 0.29) is 17.9 Å². The van der Waals surface area contributed by atoms with Gasteiger partial charge in [0.15, 0.2) is 0 Å².